The molecule has 3 N–H and O–H groups in total. The van der Waals surface area contributed by atoms with Crippen molar-refractivity contribution in [3.05, 3.63) is 59.7 Å². The first-order valence-electron chi connectivity index (χ1n) is 7.45. The topological polar surface area (TPSA) is 87.3 Å². The number of benzene rings is 2. The van der Waals surface area contributed by atoms with Gasteiger partial charge in [0.15, 0.2) is 0 Å². The summed E-state index contributed by atoms with van der Waals surface area (Å²) in [5.74, 6) is 0. The summed E-state index contributed by atoms with van der Waals surface area (Å²) in [7, 11) is -3.34. The highest BCUT2D eigenvalue weighted by Gasteiger charge is 2.11. The molecule has 0 aliphatic carbocycles. The summed E-state index contributed by atoms with van der Waals surface area (Å²) >= 11 is 0. The molecule has 0 heterocycles. The van der Waals surface area contributed by atoms with Gasteiger partial charge in [-0.05, 0) is 49.2 Å². The molecule has 0 spiro atoms. The largest absolute Gasteiger partial charge is 0.331 e. The first-order valence-corrected chi connectivity index (χ1v) is 9.34. The molecular weight excluding hydrogens is 326 g/mol. The minimum absolute atomic E-state index is 0.281. The minimum atomic E-state index is -3.34. The predicted octanol–water partition coefficient (Wildman–Crippen LogP) is 3.25. The lowest BCUT2D eigenvalue weighted by Gasteiger charge is -2.16. The van der Waals surface area contributed by atoms with Gasteiger partial charge in [-0.15, -0.1) is 0 Å². The van der Waals surface area contributed by atoms with Crippen molar-refractivity contribution in [2.45, 2.75) is 19.9 Å². The van der Waals surface area contributed by atoms with Crippen LogP contribution in [-0.2, 0) is 10.0 Å². The molecule has 0 saturated heterocycles. The Bertz CT molecular complexity index is 834. The molecule has 0 aliphatic heterocycles. The van der Waals surface area contributed by atoms with Crippen molar-refractivity contribution in [3.8, 4) is 0 Å². The van der Waals surface area contributed by atoms with Gasteiger partial charge in [0, 0.05) is 11.4 Å². The third kappa shape index (κ3) is 5.58. The van der Waals surface area contributed by atoms with Gasteiger partial charge in [0.1, 0.15) is 0 Å². The van der Waals surface area contributed by atoms with E-state index in [0.29, 0.717) is 11.4 Å². The average molecular weight is 347 g/mol. The fourth-order valence-corrected chi connectivity index (χ4v) is 2.81. The number of hydrogen-bond donors (Lipinski definition) is 3. The molecule has 0 bridgehead atoms. The third-order valence-electron chi connectivity index (χ3n) is 3.31. The molecule has 0 radical (unpaired) electrons. The van der Waals surface area contributed by atoms with Crippen molar-refractivity contribution in [3.63, 3.8) is 0 Å². The average Bonchev–Trinajstić information content (AvgIpc) is 2.45. The van der Waals surface area contributed by atoms with Crippen LogP contribution in [0.4, 0.5) is 16.2 Å². The summed E-state index contributed by atoms with van der Waals surface area (Å²) in [4.78, 5) is 12.1. The molecule has 6 nitrogen and oxygen atoms in total. The van der Waals surface area contributed by atoms with Crippen molar-refractivity contribution in [1.82, 2.24) is 5.32 Å². The van der Waals surface area contributed by atoms with Crippen molar-refractivity contribution < 1.29 is 13.2 Å². The maximum absolute atomic E-state index is 12.1. The Kier molecular flexibility index (Phi) is 5.46. The van der Waals surface area contributed by atoms with E-state index in [9.17, 15) is 13.2 Å². The van der Waals surface area contributed by atoms with E-state index in [1.54, 1.807) is 18.2 Å². The van der Waals surface area contributed by atoms with Gasteiger partial charge in [-0.1, -0.05) is 24.3 Å². The van der Waals surface area contributed by atoms with E-state index in [2.05, 4.69) is 15.4 Å². The number of aryl methyl sites for hydroxylation is 1. The molecule has 1 atom stereocenters. The van der Waals surface area contributed by atoms with Gasteiger partial charge in [-0.3, -0.25) is 4.72 Å². The highest BCUT2D eigenvalue weighted by Crippen LogP contribution is 2.18. The number of sulfonamides is 1. The zero-order chi connectivity index (χ0) is 17.7. The van der Waals surface area contributed by atoms with E-state index in [0.717, 1.165) is 17.4 Å². The Labute approximate surface area is 142 Å². The van der Waals surface area contributed by atoms with Crippen LogP contribution in [0.1, 0.15) is 24.1 Å². The summed E-state index contributed by atoms with van der Waals surface area (Å²) in [6.45, 7) is 3.78. The standard InChI is InChI=1S/C17H21N3O3S/c1-12-6-4-8-15(10-12)19-17(21)18-13(2)14-7-5-9-16(11-14)20-24(3,22)23/h4-11,13,20H,1-3H3,(H2,18,19,21)/t13-/m0/s1. The normalized spacial score (nSPS) is 12.3. The summed E-state index contributed by atoms with van der Waals surface area (Å²) in [5.41, 5.74) is 3.03. The van der Waals surface area contributed by atoms with Gasteiger partial charge in [0.05, 0.1) is 12.3 Å². The van der Waals surface area contributed by atoms with Gasteiger partial charge in [0.2, 0.25) is 10.0 Å². The molecule has 0 fully saturated rings. The van der Waals surface area contributed by atoms with Gasteiger partial charge < -0.3 is 10.6 Å². The molecule has 0 saturated carbocycles. The number of rotatable bonds is 5. The van der Waals surface area contributed by atoms with Gasteiger partial charge >= 0.3 is 6.03 Å². The fourth-order valence-electron chi connectivity index (χ4n) is 2.26. The zero-order valence-corrected chi connectivity index (χ0v) is 14.6. The summed E-state index contributed by atoms with van der Waals surface area (Å²) in [5, 5.41) is 5.60. The summed E-state index contributed by atoms with van der Waals surface area (Å²) < 4.78 is 25.0. The second kappa shape index (κ2) is 7.35. The summed E-state index contributed by atoms with van der Waals surface area (Å²) in [6.07, 6.45) is 1.09. The quantitative estimate of drug-likeness (QED) is 0.776. The van der Waals surface area contributed by atoms with Crippen LogP contribution in [0.5, 0.6) is 0 Å². The van der Waals surface area contributed by atoms with Crippen molar-refractivity contribution in [2.75, 3.05) is 16.3 Å². The molecule has 24 heavy (non-hydrogen) atoms. The van der Waals surface area contributed by atoms with E-state index >= 15 is 0 Å². The Morgan fingerprint density at radius 1 is 1.04 bits per heavy atom. The molecule has 2 rings (SSSR count). The van der Waals surface area contributed by atoms with Crippen molar-refractivity contribution in [2.24, 2.45) is 0 Å². The van der Waals surface area contributed by atoms with Gasteiger partial charge in [0.25, 0.3) is 0 Å². The first kappa shape index (κ1) is 17.8. The van der Waals surface area contributed by atoms with Crippen LogP contribution >= 0.6 is 0 Å². The second-order valence-corrected chi connectivity index (χ2v) is 7.44. The summed E-state index contributed by atoms with van der Waals surface area (Å²) in [6, 6.07) is 13.8. The molecule has 0 aromatic heterocycles. The highest BCUT2D eigenvalue weighted by atomic mass is 32.2. The van der Waals surface area contributed by atoms with Crippen LogP contribution in [0.15, 0.2) is 48.5 Å². The third-order valence-corrected chi connectivity index (χ3v) is 3.92. The van der Waals surface area contributed by atoms with E-state index < -0.39 is 10.0 Å². The Morgan fingerprint density at radius 3 is 2.38 bits per heavy atom. The monoisotopic (exact) mass is 347 g/mol. The van der Waals surface area contributed by atoms with Crippen LogP contribution in [0.3, 0.4) is 0 Å². The Morgan fingerprint density at radius 2 is 1.71 bits per heavy atom. The Hall–Kier alpha value is -2.54. The second-order valence-electron chi connectivity index (χ2n) is 5.69. The maximum Gasteiger partial charge on any atom is 0.319 e. The predicted molar refractivity (Wildman–Crippen MR) is 96.7 cm³/mol. The number of nitrogens with one attached hydrogen (secondary N) is 3. The number of urea groups is 1. The fraction of sp³-hybridized carbons (Fsp3) is 0.235. The number of amides is 2. The molecule has 2 aromatic rings. The molecule has 7 heteroatoms. The van der Waals surface area contributed by atoms with Crippen molar-refractivity contribution in [1.29, 1.82) is 0 Å². The maximum atomic E-state index is 12.1. The van der Waals surface area contributed by atoms with Crippen molar-refractivity contribution >= 4 is 27.4 Å². The van der Waals surface area contributed by atoms with E-state index in [-0.39, 0.29) is 12.1 Å². The molecule has 2 amide bonds. The number of carbonyl (C=O) groups excluding carboxylic acids is 1. The van der Waals surface area contributed by atoms with Crippen LogP contribution < -0.4 is 15.4 Å². The number of hydrogen-bond acceptors (Lipinski definition) is 3. The van der Waals surface area contributed by atoms with Crippen LogP contribution in [-0.4, -0.2) is 20.7 Å². The highest BCUT2D eigenvalue weighted by molar-refractivity contribution is 7.92. The lowest BCUT2D eigenvalue weighted by atomic mass is 10.1. The molecule has 0 unspecified atom stereocenters. The van der Waals surface area contributed by atoms with E-state index in [1.807, 2.05) is 44.2 Å². The smallest absolute Gasteiger partial charge is 0.319 e. The lowest BCUT2D eigenvalue weighted by molar-refractivity contribution is 0.249. The number of carbonyl (C=O) groups is 1. The first-order chi connectivity index (χ1) is 11.2. The molecule has 2 aromatic carbocycles. The SMILES string of the molecule is Cc1cccc(NC(=O)N[C@@H](C)c2cccc(NS(C)(=O)=O)c2)c1. The molecular formula is C17H21N3O3S. The van der Waals surface area contributed by atoms with Crippen LogP contribution in [0.2, 0.25) is 0 Å². The van der Waals surface area contributed by atoms with E-state index in [1.165, 1.54) is 0 Å². The van der Waals surface area contributed by atoms with Gasteiger partial charge in [-0.25, -0.2) is 13.2 Å². The molecule has 0 aliphatic rings. The lowest BCUT2D eigenvalue weighted by Crippen LogP contribution is -2.31. The van der Waals surface area contributed by atoms with Crippen LogP contribution in [0.25, 0.3) is 0 Å². The minimum Gasteiger partial charge on any atom is -0.331 e. The van der Waals surface area contributed by atoms with Gasteiger partial charge in [-0.2, -0.15) is 0 Å². The Balaban J connectivity index is 2.02. The molecule has 128 valence electrons. The zero-order valence-electron chi connectivity index (χ0n) is 13.8. The van der Waals surface area contributed by atoms with E-state index in [4.69, 9.17) is 0 Å². The number of anilines is 2. The van der Waals surface area contributed by atoms with Crippen LogP contribution in [0, 0.1) is 6.92 Å².